The number of hydrogen-bond acceptors (Lipinski definition) is 7. The smallest absolute Gasteiger partial charge is 0.166 e. The number of hydrogen-bond donors (Lipinski definition) is 1. The highest BCUT2D eigenvalue weighted by Gasteiger charge is 2.22. The van der Waals surface area contributed by atoms with E-state index in [1.54, 1.807) is 19.3 Å². The minimum absolute atomic E-state index is 0.645. The van der Waals surface area contributed by atoms with Crippen LogP contribution in [0.1, 0.15) is 32.2 Å². The number of anilines is 1. The number of nitrogens with two attached hydrogens (primary N) is 1. The highest BCUT2D eigenvalue weighted by Crippen LogP contribution is 2.29. The van der Waals surface area contributed by atoms with Crippen LogP contribution in [-0.4, -0.2) is 59.1 Å². The van der Waals surface area contributed by atoms with E-state index in [2.05, 4.69) is 21.4 Å². The minimum Gasteiger partial charge on any atom is -0.398 e. The van der Waals surface area contributed by atoms with Crippen molar-refractivity contribution in [1.29, 1.82) is 0 Å². The first-order valence-electron chi connectivity index (χ1n) is 11.2. The Morgan fingerprint density at radius 2 is 1.94 bits per heavy atom. The average molecular weight is 436 g/mol. The van der Waals surface area contributed by atoms with E-state index >= 15 is 0 Å². The van der Waals surface area contributed by atoms with Gasteiger partial charge in [-0.05, 0) is 31.6 Å². The molecule has 2 N–H and O–H groups in total. The first-order valence-corrected chi connectivity index (χ1v) is 11.2. The predicted octanol–water partition coefficient (Wildman–Crippen LogP) is 3.68. The molecule has 170 valence electrons. The average Bonchev–Trinajstić information content (AvgIpc) is 3.18. The van der Waals surface area contributed by atoms with Gasteiger partial charge in [-0.15, -0.1) is 0 Å². The summed E-state index contributed by atoms with van der Waals surface area (Å²) in [6.45, 7) is 11.9. The van der Waals surface area contributed by atoms with Crippen LogP contribution in [0.15, 0.2) is 35.3 Å². The molecule has 8 nitrogen and oxygen atoms in total. The van der Waals surface area contributed by atoms with Crippen LogP contribution in [0.3, 0.4) is 0 Å². The van der Waals surface area contributed by atoms with Gasteiger partial charge in [-0.25, -0.2) is 15.0 Å². The Kier molecular flexibility index (Phi) is 7.94. The quantitative estimate of drug-likeness (QED) is 0.614. The van der Waals surface area contributed by atoms with Crippen LogP contribution in [-0.2, 0) is 11.3 Å². The molecule has 0 atom stereocenters. The zero-order valence-corrected chi connectivity index (χ0v) is 19.7. The first kappa shape index (κ1) is 23.4. The summed E-state index contributed by atoms with van der Waals surface area (Å²) < 4.78 is 7.66. The standard InChI is InChI=1S/C22H27N7O.C2H6/c1-4-29-15(2)25-19-21(28-10-12-30-13-11-28)26-20(27-22(19)29)17-7-5-6-16(14-17)18(23)8-9-24-3;1-2/h5-9,14H,4,10-13,23H2,1-3H3;1-2H3/b18-8-,24-9?;. The number of nitrogens with zero attached hydrogens (tertiary/aromatic N) is 6. The molecule has 8 heteroatoms. The molecule has 0 aliphatic carbocycles. The van der Waals surface area contributed by atoms with E-state index < -0.39 is 0 Å². The molecule has 1 saturated heterocycles. The zero-order valence-electron chi connectivity index (χ0n) is 19.7. The van der Waals surface area contributed by atoms with E-state index in [-0.39, 0.29) is 0 Å². The van der Waals surface area contributed by atoms with Gasteiger partial charge in [0.05, 0.1) is 13.2 Å². The van der Waals surface area contributed by atoms with Gasteiger partial charge in [-0.2, -0.15) is 0 Å². The largest absolute Gasteiger partial charge is 0.398 e. The van der Waals surface area contributed by atoms with Crippen LogP contribution in [0.5, 0.6) is 0 Å². The Bertz CT molecular complexity index is 1110. The van der Waals surface area contributed by atoms with E-state index in [1.165, 1.54) is 0 Å². The van der Waals surface area contributed by atoms with Gasteiger partial charge < -0.3 is 19.9 Å². The van der Waals surface area contributed by atoms with E-state index in [4.69, 9.17) is 25.4 Å². The van der Waals surface area contributed by atoms with Gasteiger partial charge in [0.1, 0.15) is 5.82 Å². The maximum absolute atomic E-state index is 6.21. The third-order valence-electron chi connectivity index (χ3n) is 5.25. The van der Waals surface area contributed by atoms with E-state index in [0.717, 1.165) is 53.6 Å². The van der Waals surface area contributed by atoms with Crippen molar-refractivity contribution in [3.05, 3.63) is 41.7 Å². The summed E-state index contributed by atoms with van der Waals surface area (Å²) in [5, 5.41) is 0. The number of aryl methyl sites for hydroxylation is 2. The fourth-order valence-electron chi connectivity index (χ4n) is 3.69. The first-order chi connectivity index (χ1) is 15.6. The fourth-order valence-corrected chi connectivity index (χ4v) is 3.69. The second kappa shape index (κ2) is 10.9. The molecule has 0 bridgehead atoms. The summed E-state index contributed by atoms with van der Waals surface area (Å²) in [7, 11) is 1.72. The molecule has 0 unspecified atom stereocenters. The number of aromatic nitrogens is 4. The summed E-state index contributed by atoms with van der Waals surface area (Å²) in [6, 6.07) is 7.97. The van der Waals surface area contributed by atoms with Crippen molar-refractivity contribution in [1.82, 2.24) is 19.5 Å². The summed E-state index contributed by atoms with van der Waals surface area (Å²) in [5.41, 5.74) is 10.4. The van der Waals surface area contributed by atoms with E-state index in [1.807, 2.05) is 45.0 Å². The minimum atomic E-state index is 0.645. The predicted molar refractivity (Wildman–Crippen MR) is 132 cm³/mol. The molecule has 0 amide bonds. The summed E-state index contributed by atoms with van der Waals surface area (Å²) in [4.78, 5) is 20.8. The van der Waals surface area contributed by atoms with E-state index in [0.29, 0.717) is 24.7 Å². The van der Waals surface area contributed by atoms with Crippen molar-refractivity contribution >= 4 is 28.9 Å². The number of benzene rings is 1. The lowest BCUT2D eigenvalue weighted by molar-refractivity contribution is 0.122. The molecule has 0 saturated carbocycles. The third-order valence-corrected chi connectivity index (χ3v) is 5.25. The molecule has 3 aromatic rings. The van der Waals surface area contributed by atoms with Gasteiger partial charge in [0.25, 0.3) is 0 Å². The summed E-state index contributed by atoms with van der Waals surface area (Å²) >= 11 is 0. The molecule has 1 aliphatic heterocycles. The Morgan fingerprint density at radius 1 is 1.19 bits per heavy atom. The number of imidazole rings is 1. The van der Waals surface area contributed by atoms with Crippen LogP contribution in [0.2, 0.25) is 0 Å². The van der Waals surface area contributed by atoms with Gasteiger partial charge in [-0.1, -0.05) is 32.0 Å². The Labute approximate surface area is 189 Å². The Balaban J connectivity index is 0.00000141. The maximum atomic E-state index is 6.21. The Morgan fingerprint density at radius 3 is 2.62 bits per heavy atom. The molecule has 1 aliphatic rings. The van der Waals surface area contributed by atoms with Crippen LogP contribution >= 0.6 is 0 Å². The van der Waals surface area contributed by atoms with Crippen LogP contribution in [0.4, 0.5) is 5.82 Å². The zero-order chi connectivity index (χ0) is 23.1. The number of allylic oxidation sites excluding steroid dienone is 1. The Hall–Kier alpha value is -3.26. The van der Waals surface area contributed by atoms with Crippen molar-refractivity contribution in [2.24, 2.45) is 10.7 Å². The van der Waals surface area contributed by atoms with Crippen molar-refractivity contribution in [2.75, 3.05) is 38.3 Å². The lowest BCUT2D eigenvalue weighted by Gasteiger charge is -2.28. The lowest BCUT2D eigenvalue weighted by Crippen LogP contribution is -2.37. The van der Waals surface area contributed by atoms with Gasteiger partial charge in [0.15, 0.2) is 22.8 Å². The van der Waals surface area contributed by atoms with Crippen LogP contribution in [0.25, 0.3) is 28.2 Å². The topological polar surface area (TPSA) is 94.5 Å². The number of aliphatic imine (C=N–C) groups is 1. The number of fused-ring (bicyclic) bond motifs is 1. The molecular weight excluding hydrogens is 402 g/mol. The summed E-state index contributed by atoms with van der Waals surface area (Å²) in [6.07, 6.45) is 3.47. The van der Waals surface area contributed by atoms with Crippen LogP contribution < -0.4 is 10.6 Å². The van der Waals surface area contributed by atoms with Gasteiger partial charge >= 0.3 is 0 Å². The monoisotopic (exact) mass is 435 g/mol. The van der Waals surface area contributed by atoms with Crippen molar-refractivity contribution in [3.63, 3.8) is 0 Å². The SMILES string of the molecule is CC.CCn1c(C)nc2c(N3CCOCC3)nc(-c3cccc(/C(N)=C/C=NC)c3)nc21. The van der Waals surface area contributed by atoms with Crippen molar-refractivity contribution < 1.29 is 4.74 Å². The van der Waals surface area contributed by atoms with Crippen molar-refractivity contribution in [2.45, 2.75) is 34.2 Å². The number of ether oxygens (including phenoxy) is 1. The molecule has 0 radical (unpaired) electrons. The second-order valence-electron chi connectivity index (χ2n) is 7.16. The normalized spacial score (nSPS) is 14.7. The molecule has 32 heavy (non-hydrogen) atoms. The van der Waals surface area contributed by atoms with Crippen LogP contribution in [0, 0.1) is 6.92 Å². The van der Waals surface area contributed by atoms with Gasteiger partial charge in [0, 0.05) is 44.2 Å². The van der Waals surface area contributed by atoms with E-state index in [9.17, 15) is 0 Å². The number of morpholine rings is 1. The molecule has 4 rings (SSSR count). The lowest BCUT2D eigenvalue weighted by atomic mass is 10.1. The third kappa shape index (κ3) is 4.80. The highest BCUT2D eigenvalue weighted by molar-refractivity contribution is 5.87. The van der Waals surface area contributed by atoms with Crippen molar-refractivity contribution in [3.8, 4) is 11.4 Å². The maximum Gasteiger partial charge on any atom is 0.166 e. The molecule has 2 aromatic heterocycles. The molecule has 1 aromatic carbocycles. The molecule has 0 spiro atoms. The summed E-state index contributed by atoms with van der Waals surface area (Å²) in [5.74, 6) is 2.46. The molecule has 1 fully saturated rings. The highest BCUT2D eigenvalue weighted by atomic mass is 16.5. The van der Waals surface area contributed by atoms with Gasteiger partial charge in [-0.3, -0.25) is 4.99 Å². The second-order valence-corrected chi connectivity index (χ2v) is 7.16. The van der Waals surface area contributed by atoms with Gasteiger partial charge in [0.2, 0.25) is 0 Å². The number of rotatable bonds is 5. The fraction of sp³-hybridized carbons (Fsp3) is 0.417. The molecule has 3 heterocycles. The molecular formula is C24H33N7O.